The lowest BCUT2D eigenvalue weighted by molar-refractivity contribution is 0.142. The van der Waals surface area contributed by atoms with Gasteiger partial charge in [-0.2, -0.15) is 0 Å². The molecule has 0 radical (unpaired) electrons. The maximum Gasteiger partial charge on any atom is 0.128 e. The monoisotopic (exact) mass is 249 g/mol. The van der Waals surface area contributed by atoms with Crippen LogP contribution in [0.2, 0.25) is 0 Å². The molecular weight excluding hydrogens is 225 g/mol. The van der Waals surface area contributed by atoms with Gasteiger partial charge in [-0.1, -0.05) is 32.0 Å². The molecule has 0 aliphatic heterocycles. The molecule has 3 atom stereocenters. The number of nitrogens with two attached hydrogens (primary N) is 1. The van der Waals surface area contributed by atoms with Crippen LogP contribution in [-0.4, -0.2) is 0 Å². The molecule has 0 bridgehead atoms. The molecule has 0 heterocycles. The van der Waals surface area contributed by atoms with Crippen molar-refractivity contribution < 1.29 is 4.39 Å². The quantitative estimate of drug-likeness (QED) is 0.840. The molecule has 1 nitrogen and oxygen atoms in total. The molecule has 0 aromatic heterocycles. The normalized spacial score (nSPS) is 31.9. The van der Waals surface area contributed by atoms with Crippen LogP contribution in [0.15, 0.2) is 24.3 Å². The van der Waals surface area contributed by atoms with Crippen molar-refractivity contribution in [3.8, 4) is 0 Å². The van der Waals surface area contributed by atoms with Crippen LogP contribution in [0.3, 0.4) is 0 Å². The van der Waals surface area contributed by atoms with Crippen LogP contribution < -0.4 is 5.73 Å². The van der Waals surface area contributed by atoms with E-state index < -0.39 is 5.54 Å². The molecule has 2 rings (SSSR count). The van der Waals surface area contributed by atoms with Gasteiger partial charge >= 0.3 is 0 Å². The van der Waals surface area contributed by atoms with Crippen molar-refractivity contribution in [1.29, 1.82) is 0 Å². The van der Waals surface area contributed by atoms with Crippen LogP contribution in [0.1, 0.15) is 45.6 Å². The predicted octanol–water partition coefficient (Wildman–Crippen LogP) is 4.07. The topological polar surface area (TPSA) is 26.0 Å². The second kappa shape index (κ2) is 5.00. The molecule has 1 aliphatic rings. The second-order valence-electron chi connectivity index (χ2n) is 6.38. The first-order valence-electron chi connectivity index (χ1n) is 6.95. The fraction of sp³-hybridized carbons (Fsp3) is 0.625. The van der Waals surface area contributed by atoms with Crippen LogP contribution in [0.4, 0.5) is 4.39 Å². The summed E-state index contributed by atoms with van der Waals surface area (Å²) in [6, 6.07) is 6.94. The third-order valence-electron chi connectivity index (χ3n) is 4.48. The van der Waals surface area contributed by atoms with Gasteiger partial charge in [0.1, 0.15) is 5.82 Å². The molecule has 2 N–H and O–H groups in total. The van der Waals surface area contributed by atoms with Gasteiger partial charge in [-0.15, -0.1) is 0 Å². The molecule has 100 valence electrons. The summed E-state index contributed by atoms with van der Waals surface area (Å²) in [4.78, 5) is 0. The van der Waals surface area contributed by atoms with E-state index in [1.807, 2.05) is 19.1 Å². The molecule has 1 aromatic carbocycles. The van der Waals surface area contributed by atoms with Crippen molar-refractivity contribution in [2.24, 2.45) is 23.5 Å². The van der Waals surface area contributed by atoms with Crippen molar-refractivity contribution >= 4 is 0 Å². The minimum atomic E-state index is -0.561. The van der Waals surface area contributed by atoms with Gasteiger partial charge < -0.3 is 5.73 Å². The zero-order chi connectivity index (χ0) is 13.3. The maximum atomic E-state index is 14.0. The average Bonchev–Trinajstić information content (AvgIpc) is 2.28. The molecule has 18 heavy (non-hydrogen) atoms. The second-order valence-corrected chi connectivity index (χ2v) is 6.38. The Morgan fingerprint density at radius 1 is 1.11 bits per heavy atom. The zero-order valence-electron chi connectivity index (χ0n) is 11.6. The highest BCUT2D eigenvalue weighted by Gasteiger charge is 2.38. The Labute approximate surface area is 110 Å². The first-order chi connectivity index (χ1) is 8.41. The van der Waals surface area contributed by atoms with Gasteiger partial charge in [-0.25, -0.2) is 4.39 Å². The van der Waals surface area contributed by atoms with Gasteiger partial charge in [0.25, 0.3) is 0 Å². The van der Waals surface area contributed by atoms with Crippen LogP contribution in [0.25, 0.3) is 0 Å². The highest BCUT2D eigenvalue weighted by molar-refractivity contribution is 5.26. The van der Waals surface area contributed by atoms with Crippen molar-refractivity contribution in [3.63, 3.8) is 0 Å². The van der Waals surface area contributed by atoms with E-state index in [1.165, 1.54) is 12.5 Å². The van der Waals surface area contributed by atoms with Gasteiger partial charge in [-0.05, 0) is 50.0 Å². The van der Waals surface area contributed by atoms with Crippen molar-refractivity contribution in [1.82, 2.24) is 0 Å². The lowest BCUT2D eigenvalue weighted by atomic mass is 9.67. The van der Waals surface area contributed by atoms with E-state index >= 15 is 0 Å². The number of halogens is 1. The van der Waals surface area contributed by atoms with Crippen LogP contribution in [0.5, 0.6) is 0 Å². The Balaban J connectivity index is 2.28. The Morgan fingerprint density at radius 2 is 1.67 bits per heavy atom. The summed E-state index contributed by atoms with van der Waals surface area (Å²) in [6.45, 7) is 6.54. The fourth-order valence-electron chi connectivity index (χ4n) is 3.55. The number of rotatable bonds is 2. The molecule has 1 saturated carbocycles. The van der Waals surface area contributed by atoms with Crippen molar-refractivity contribution in [2.75, 3.05) is 0 Å². The molecule has 0 saturated heterocycles. The molecule has 1 fully saturated rings. The van der Waals surface area contributed by atoms with E-state index in [0.717, 1.165) is 12.8 Å². The molecule has 0 amide bonds. The van der Waals surface area contributed by atoms with Crippen molar-refractivity contribution in [3.05, 3.63) is 35.6 Å². The Kier molecular flexibility index (Phi) is 3.76. The summed E-state index contributed by atoms with van der Waals surface area (Å²) in [5.41, 5.74) is 6.60. The van der Waals surface area contributed by atoms with Crippen LogP contribution in [-0.2, 0) is 5.54 Å². The highest BCUT2D eigenvalue weighted by atomic mass is 19.1. The van der Waals surface area contributed by atoms with Crippen LogP contribution in [0, 0.1) is 23.6 Å². The first kappa shape index (κ1) is 13.5. The molecule has 1 aliphatic carbocycles. The van der Waals surface area contributed by atoms with Crippen molar-refractivity contribution in [2.45, 2.75) is 45.6 Å². The molecule has 2 heteroatoms. The van der Waals surface area contributed by atoms with E-state index in [-0.39, 0.29) is 5.82 Å². The molecular formula is C16H24FN. The Morgan fingerprint density at radius 3 is 2.22 bits per heavy atom. The number of hydrogen-bond acceptors (Lipinski definition) is 1. The lowest BCUT2D eigenvalue weighted by Gasteiger charge is -2.41. The number of benzene rings is 1. The van der Waals surface area contributed by atoms with Gasteiger partial charge in [0.05, 0.1) is 0 Å². The van der Waals surface area contributed by atoms with E-state index in [4.69, 9.17) is 5.73 Å². The Bertz CT molecular complexity index is 403. The van der Waals surface area contributed by atoms with Gasteiger partial charge in [-0.3, -0.25) is 0 Å². The lowest BCUT2D eigenvalue weighted by Crippen LogP contribution is -2.45. The standard InChI is InChI=1S/C16H24FN/c1-11-8-12(2)10-13(9-11)16(3,18)14-6-4-5-7-15(14)17/h4-7,11-13H,8-10,18H2,1-3H3. The predicted molar refractivity (Wildman–Crippen MR) is 73.6 cm³/mol. The van der Waals surface area contributed by atoms with E-state index in [2.05, 4.69) is 13.8 Å². The number of hydrogen-bond donors (Lipinski definition) is 1. The molecule has 0 spiro atoms. The van der Waals surface area contributed by atoms with E-state index in [0.29, 0.717) is 23.3 Å². The van der Waals surface area contributed by atoms with Gasteiger partial charge in [0.2, 0.25) is 0 Å². The Hall–Kier alpha value is -0.890. The minimum absolute atomic E-state index is 0.173. The van der Waals surface area contributed by atoms with Gasteiger partial charge in [0.15, 0.2) is 0 Å². The first-order valence-corrected chi connectivity index (χ1v) is 6.95. The molecule has 1 aromatic rings. The third-order valence-corrected chi connectivity index (χ3v) is 4.48. The fourth-order valence-corrected chi connectivity index (χ4v) is 3.55. The molecule has 3 unspecified atom stereocenters. The van der Waals surface area contributed by atoms with Crippen LogP contribution >= 0.6 is 0 Å². The summed E-state index contributed by atoms with van der Waals surface area (Å²) in [5.74, 6) is 1.57. The van der Waals surface area contributed by atoms with E-state index in [9.17, 15) is 4.39 Å². The SMILES string of the molecule is CC1CC(C)CC(C(C)(N)c2ccccc2F)C1. The zero-order valence-corrected chi connectivity index (χ0v) is 11.6. The van der Waals surface area contributed by atoms with Gasteiger partial charge in [0, 0.05) is 11.1 Å². The summed E-state index contributed by atoms with van der Waals surface area (Å²) in [6.07, 6.45) is 3.47. The minimum Gasteiger partial charge on any atom is -0.321 e. The summed E-state index contributed by atoms with van der Waals surface area (Å²) in [5, 5.41) is 0. The summed E-state index contributed by atoms with van der Waals surface area (Å²) >= 11 is 0. The summed E-state index contributed by atoms with van der Waals surface area (Å²) in [7, 11) is 0. The smallest absolute Gasteiger partial charge is 0.128 e. The largest absolute Gasteiger partial charge is 0.321 e. The average molecular weight is 249 g/mol. The third kappa shape index (κ3) is 2.59. The summed E-state index contributed by atoms with van der Waals surface area (Å²) < 4.78 is 14.0. The maximum absolute atomic E-state index is 14.0. The highest BCUT2D eigenvalue weighted by Crippen LogP contribution is 2.42. The van der Waals surface area contributed by atoms with E-state index in [1.54, 1.807) is 6.07 Å².